The van der Waals surface area contributed by atoms with Gasteiger partial charge in [-0.3, -0.25) is 0 Å². The van der Waals surface area contributed by atoms with Gasteiger partial charge in [-0.2, -0.15) is 0 Å². The van der Waals surface area contributed by atoms with Crippen molar-refractivity contribution in [1.29, 1.82) is 0 Å². The van der Waals surface area contributed by atoms with E-state index in [2.05, 4.69) is 24.3 Å². The maximum Gasteiger partial charge on any atom is 0.0462 e. The van der Waals surface area contributed by atoms with Crippen molar-refractivity contribution in [2.45, 2.75) is 12.8 Å². The summed E-state index contributed by atoms with van der Waals surface area (Å²) in [7, 11) is 0. The SMILES string of the molecule is OC[C@@H]1C[C@H]1Cc1ccccc1. The van der Waals surface area contributed by atoms with Crippen molar-refractivity contribution < 1.29 is 5.11 Å². The summed E-state index contributed by atoms with van der Waals surface area (Å²) >= 11 is 0. The van der Waals surface area contributed by atoms with Crippen molar-refractivity contribution >= 4 is 0 Å². The molecule has 2 atom stereocenters. The van der Waals surface area contributed by atoms with Crippen molar-refractivity contribution in [3.8, 4) is 0 Å². The van der Waals surface area contributed by atoms with Crippen LogP contribution < -0.4 is 0 Å². The second-order valence-electron chi connectivity index (χ2n) is 3.63. The van der Waals surface area contributed by atoms with E-state index in [0.717, 1.165) is 12.3 Å². The predicted molar refractivity (Wildman–Crippen MR) is 48.8 cm³/mol. The molecule has 1 aromatic rings. The molecule has 1 nitrogen and oxygen atoms in total. The molecule has 2 rings (SSSR count). The predicted octanol–water partition coefficient (Wildman–Crippen LogP) is 1.86. The molecule has 64 valence electrons. The van der Waals surface area contributed by atoms with Crippen molar-refractivity contribution in [2.24, 2.45) is 11.8 Å². The highest BCUT2D eigenvalue weighted by Gasteiger charge is 2.35. The molecule has 1 saturated carbocycles. The van der Waals surface area contributed by atoms with E-state index in [1.54, 1.807) is 0 Å². The summed E-state index contributed by atoms with van der Waals surface area (Å²) in [6.07, 6.45) is 2.36. The molecule has 1 fully saturated rings. The molecule has 0 amide bonds. The summed E-state index contributed by atoms with van der Waals surface area (Å²) in [5, 5.41) is 8.85. The minimum Gasteiger partial charge on any atom is -0.396 e. The zero-order valence-electron chi connectivity index (χ0n) is 7.11. The number of benzene rings is 1. The van der Waals surface area contributed by atoms with E-state index in [0.29, 0.717) is 12.5 Å². The highest BCUT2D eigenvalue weighted by atomic mass is 16.3. The highest BCUT2D eigenvalue weighted by molar-refractivity contribution is 5.16. The quantitative estimate of drug-likeness (QED) is 0.719. The Balaban J connectivity index is 1.89. The molecule has 0 radical (unpaired) electrons. The Morgan fingerprint density at radius 1 is 1.17 bits per heavy atom. The van der Waals surface area contributed by atoms with Gasteiger partial charge in [-0.25, -0.2) is 0 Å². The molecule has 0 heterocycles. The molecule has 0 spiro atoms. The number of hydrogen-bond donors (Lipinski definition) is 1. The number of aliphatic hydroxyl groups excluding tert-OH is 1. The van der Waals surface area contributed by atoms with Gasteiger partial charge in [0.25, 0.3) is 0 Å². The summed E-state index contributed by atoms with van der Waals surface area (Å²) in [6.45, 7) is 0.373. The van der Waals surface area contributed by atoms with Crippen LogP contribution in [0.5, 0.6) is 0 Å². The van der Waals surface area contributed by atoms with Crippen LogP contribution in [0.1, 0.15) is 12.0 Å². The number of hydrogen-bond acceptors (Lipinski definition) is 1. The molecule has 0 aliphatic heterocycles. The fraction of sp³-hybridized carbons (Fsp3) is 0.455. The molecular weight excluding hydrogens is 148 g/mol. The van der Waals surface area contributed by atoms with Gasteiger partial charge in [0.1, 0.15) is 0 Å². The zero-order chi connectivity index (χ0) is 8.39. The minimum absolute atomic E-state index is 0.373. The second-order valence-corrected chi connectivity index (χ2v) is 3.63. The van der Waals surface area contributed by atoms with E-state index in [-0.39, 0.29) is 0 Å². The molecule has 1 aromatic carbocycles. The lowest BCUT2D eigenvalue weighted by atomic mass is 10.1. The zero-order valence-corrected chi connectivity index (χ0v) is 7.11. The van der Waals surface area contributed by atoms with E-state index in [9.17, 15) is 0 Å². The van der Waals surface area contributed by atoms with Crippen LogP contribution in [0.4, 0.5) is 0 Å². The average Bonchev–Trinajstić information content (AvgIpc) is 2.85. The third-order valence-corrected chi connectivity index (χ3v) is 2.64. The fourth-order valence-corrected chi connectivity index (χ4v) is 1.70. The molecule has 0 saturated heterocycles. The Morgan fingerprint density at radius 2 is 1.92 bits per heavy atom. The number of rotatable bonds is 3. The Hall–Kier alpha value is -0.820. The molecule has 1 aliphatic rings. The lowest BCUT2D eigenvalue weighted by Gasteiger charge is -1.98. The Bertz CT molecular complexity index is 242. The number of aliphatic hydroxyl groups is 1. The van der Waals surface area contributed by atoms with E-state index in [4.69, 9.17) is 5.11 Å². The molecule has 12 heavy (non-hydrogen) atoms. The molecule has 0 bridgehead atoms. The van der Waals surface area contributed by atoms with Crippen LogP contribution in [0.2, 0.25) is 0 Å². The first-order chi connectivity index (χ1) is 5.90. The van der Waals surface area contributed by atoms with E-state index < -0.39 is 0 Å². The third-order valence-electron chi connectivity index (χ3n) is 2.64. The van der Waals surface area contributed by atoms with Crippen LogP contribution in [0.25, 0.3) is 0 Å². The summed E-state index contributed by atoms with van der Waals surface area (Å²) in [5.41, 5.74) is 1.40. The molecule has 1 heteroatoms. The maximum atomic E-state index is 8.85. The summed E-state index contributed by atoms with van der Waals surface area (Å²) in [6, 6.07) is 10.5. The van der Waals surface area contributed by atoms with Gasteiger partial charge in [-0.15, -0.1) is 0 Å². The normalized spacial score (nSPS) is 27.1. The molecule has 0 aromatic heterocycles. The molecular formula is C11H14O. The van der Waals surface area contributed by atoms with Crippen LogP contribution in [0, 0.1) is 11.8 Å². The topological polar surface area (TPSA) is 20.2 Å². The van der Waals surface area contributed by atoms with Gasteiger partial charge in [0, 0.05) is 6.61 Å². The van der Waals surface area contributed by atoms with Gasteiger partial charge < -0.3 is 5.11 Å². The first kappa shape index (κ1) is 7.81. The van der Waals surface area contributed by atoms with Crippen molar-refractivity contribution in [3.63, 3.8) is 0 Å². The lowest BCUT2D eigenvalue weighted by Crippen LogP contribution is -1.92. The van der Waals surface area contributed by atoms with Crippen LogP contribution in [-0.4, -0.2) is 11.7 Å². The second kappa shape index (κ2) is 3.28. The van der Waals surface area contributed by atoms with Gasteiger partial charge >= 0.3 is 0 Å². The van der Waals surface area contributed by atoms with Gasteiger partial charge in [-0.1, -0.05) is 30.3 Å². The van der Waals surface area contributed by atoms with Gasteiger partial charge in [0.2, 0.25) is 0 Å². The van der Waals surface area contributed by atoms with E-state index in [1.807, 2.05) is 6.07 Å². The summed E-state index contributed by atoms with van der Waals surface area (Å²) in [5.74, 6) is 1.34. The first-order valence-electron chi connectivity index (χ1n) is 4.55. The first-order valence-corrected chi connectivity index (χ1v) is 4.55. The molecule has 0 unspecified atom stereocenters. The monoisotopic (exact) mass is 162 g/mol. The largest absolute Gasteiger partial charge is 0.396 e. The Labute approximate surface area is 73.0 Å². The molecule has 1 aliphatic carbocycles. The molecule has 1 N–H and O–H groups in total. The minimum atomic E-state index is 0.373. The summed E-state index contributed by atoms with van der Waals surface area (Å²) < 4.78 is 0. The third kappa shape index (κ3) is 1.67. The van der Waals surface area contributed by atoms with Gasteiger partial charge in [0.15, 0.2) is 0 Å². The Morgan fingerprint density at radius 3 is 2.50 bits per heavy atom. The standard InChI is InChI=1S/C11H14O/c12-8-11-7-10(11)6-9-4-2-1-3-5-9/h1-5,10-12H,6-8H2/t10-,11+/m1/s1. The fourth-order valence-electron chi connectivity index (χ4n) is 1.70. The van der Waals surface area contributed by atoms with Crippen LogP contribution in [-0.2, 0) is 6.42 Å². The highest BCUT2D eigenvalue weighted by Crippen LogP contribution is 2.40. The van der Waals surface area contributed by atoms with Crippen LogP contribution in [0.15, 0.2) is 30.3 Å². The van der Waals surface area contributed by atoms with Crippen molar-refractivity contribution in [2.75, 3.05) is 6.61 Å². The van der Waals surface area contributed by atoms with Crippen LogP contribution >= 0.6 is 0 Å². The van der Waals surface area contributed by atoms with Crippen molar-refractivity contribution in [3.05, 3.63) is 35.9 Å². The van der Waals surface area contributed by atoms with Gasteiger partial charge in [0.05, 0.1) is 0 Å². The lowest BCUT2D eigenvalue weighted by molar-refractivity contribution is 0.268. The van der Waals surface area contributed by atoms with Gasteiger partial charge in [-0.05, 0) is 30.2 Å². The van der Waals surface area contributed by atoms with E-state index in [1.165, 1.54) is 12.0 Å². The van der Waals surface area contributed by atoms with Crippen LogP contribution in [0.3, 0.4) is 0 Å². The van der Waals surface area contributed by atoms with Crippen molar-refractivity contribution in [1.82, 2.24) is 0 Å². The van der Waals surface area contributed by atoms with E-state index >= 15 is 0 Å². The Kier molecular flexibility index (Phi) is 2.13. The average molecular weight is 162 g/mol. The smallest absolute Gasteiger partial charge is 0.0462 e. The summed E-state index contributed by atoms with van der Waals surface area (Å²) in [4.78, 5) is 0. The maximum absolute atomic E-state index is 8.85.